The van der Waals surface area contributed by atoms with Crippen molar-refractivity contribution in [3.8, 4) is 0 Å². The number of hydrogen-bond acceptors (Lipinski definition) is 1. The van der Waals surface area contributed by atoms with Gasteiger partial charge in [-0.2, -0.15) is 12.6 Å². The van der Waals surface area contributed by atoms with Gasteiger partial charge in [0.1, 0.15) is 0 Å². The lowest BCUT2D eigenvalue weighted by Gasteiger charge is -2.10. The van der Waals surface area contributed by atoms with Gasteiger partial charge in [-0.3, -0.25) is 0 Å². The quantitative estimate of drug-likeness (QED) is 0.625. The summed E-state index contributed by atoms with van der Waals surface area (Å²) in [5.74, 6) is 0.834. The van der Waals surface area contributed by atoms with Crippen molar-refractivity contribution in [2.75, 3.05) is 0 Å². The highest BCUT2D eigenvalue weighted by molar-refractivity contribution is 7.79. The maximum atomic E-state index is 4.25. The Balaban J connectivity index is 2.44. The molecule has 1 aliphatic carbocycles. The van der Waals surface area contributed by atoms with E-state index in [4.69, 9.17) is 0 Å². The van der Waals surface area contributed by atoms with Crippen molar-refractivity contribution in [1.82, 2.24) is 0 Å². The maximum absolute atomic E-state index is 4.25. The van der Waals surface area contributed by atoms with Gasteiger partial charge in [-0.1, -0.05) is 30.4 Å². The summed E-state index contributed by atoms with van der Waals surface area (Å²) < 4.78 is 0. The highest BCUT2D eigenvalue weighted by atomic mass is 32.1. The van der Waals surface area contributed by atoms with Crippen molar-refractivity contribution in [2.24, 2.45) is 0 Å². The zero-order chi connectivity index (χ0) is 8.39. The molecular weight excluding hydrogens is 164 g/mol. The van der Waals surface area contributed by atoms with Crippen LogP contribution >= 0.6 is 12.6 Å². The maximum Gasteiger partial charge on any atom is 0.0154 e. The lowest BCUT2D eigenvalue weighted by atomic mass is 9.96. The summed E-state index contributed by atoms with van der Waals surface area (Å²) in [6.45, 7) is 0. The second-order valence-electron chi connectivity index (χ2n) is 3.13. The molecule has 1 aromatic rings. The summed E-state index contributed by atoms with van der Waals surface area (Å²) >= 11 is 4.25. The fourth-order valence-corrected chi connectivity index (χ4v) is 1.77. The third-order valence-electron chi connectivity index (χ3n) is 2.27. The summed E-state index contributed by atoms with van der Waals surface area (Å²) in [5, 5.41) is 0. The summed E-state index contributed by atoms with van der Waals surface area (Å²) in [6.07, 6.45) is 6.84. The van der Waals surface area contributed by atoms with Gasteiger partial charge in [-0.25, -0.2) is 0 Å². The summed E-state index contributed by atoms with van der Waals surface area (Å²) in [5.41, 5.74) is 4.17. The van der Waals surface area contributed by atoms with Crippen LogP contribution < -0.4 is 0 Å². The Morgan fingerprint density at radius 2 is 2.25 bits per heavy atom. The Hall–Kier alpha value is -0.690. The second kappa shape index (κ2) is 3.36. The van der Waals surface area contributed by atoms with Crippen LogP contribution in [0.4, 0.5) is 0 Å². The molecule has 0 unspecified atom stereocenters. The van der Waals surface area contributed by atoms with Crippen LogP contribution in [0.5, 0.6) is 0 Å². The molecule has 1 aromatic carbocycles. The van der Waals surface area contributed by atoms with Crippen molar-refractivity contribution in [2.45, 2.75) is 18.6 Å². The smallest absolute Gasteiger partial charge is 0.0154 e. The van der Waals surface area contributed by atoms with E-state index in [0.717, 1.165) is 5.75 Å². The van der Waals surface area contributed by atoms with Crippen molar-refractivity contribution < 1.29 is 0 Å². The van der Waals surface area contributed by atoms with E-state index >= 15 is 0 Å². The zero-order valence-corrected chi connectivity index (χ0v) is 7.85. The van der Waals surface area contributed by atoms with Crippen molar-refractivity contribution in [3.05, 3.63) is 41.0 Å². The standard InChI is InChI=1S/C11H12S/c12-8-9-5-6-10-3-1-2-4-11(10)7-9/h2,4-7,12H,1,3,8H2. The van der Waals surface area contributed by atoms with Gasteiger partial charge in [0, 0.05) is 5.75 Å². The van der Waals surface area contributed by atoms with E-state index in [1.54, 1.807) is 0 Å². The molecule has 62 valence electrons. The third-order valence-corrected chi connectivity index (χ3v) is 2.64. The van der Waals surface area contributed by atoms with Crippen molar-refractivity contribution >= 4 is 18.7 Å². The molecule has 0 spiro atoms. The van der Waals surface area contributed by atoms with E-state index in [1.807, 2.05) is 0 Å². The number of rotatable bonds is 1. The molecule has 0 radical (unpaired) electrons. The average molecular weight is 176 g/mol. The Bertz CT molecular complexity index is 313. The number of benzene rings is 1. The summed E-state index contributed by atoms with van der Waals surface area (Å²) in [6, 6.07) is 6.63. The van der Waals surface area contributed by atoms with Gasteiger partial charge in [0.2, 0.25) is 0 Å². The molecule has 1 aliphatic rings. The number of hydrogen-bond donors (Lipinski definition) is 1. The molecule has 0 saturated heterocycles. The third kappa shape index (κ3) is 1.42. The first kappa shape index (κ1) is 7.93. The van der Waals surface area contributed by atoms with Crippen molar-refractivity contribution in [1.29, 1.82) is 0 Å². The van der Waals surface area contributed by atoms with Crippen LogP contribution in [0.3, 0.4) is 0 Å². The topological polar surface area (TPSA) is 0 Å². The minimum atomic E-state index is 0.834. The fourth-order valence-electron chi connectivity index (χ4n) is 1.57. The summed E-state index contributed by atoms with van der Waals surface area (Å²) in [4.78, 5) is 0. The first-order chi connectivity index (χ1) is 5.90. The van der Waals surface area contributed by atoms with E-state index in [9.17, 15) is 0 Å². The first-order valence-electron chi connectivity index (χ1n) is 4.29. The average Bonchev–Trinajstić information content (AvgIpc) is 2.17. The minimum Gasteiger partial charge on any atom is -0.175 e. The van der Waals surface area contributed by atoms with Crippen LogP contribution in [0.25, 0.3) is 6.08 Å². The van der Waals surface area contributed by atoms with Gasteiger partial charge in [0.25, 0.3) is 0 Å². The van der Waals surface area contributed by atoms with Crippen LogP contribution in [-0.4, -0.2) is 0 Å². The van der Waals surface area contributed by atoms with Gasteiger partial charge < -0.3 is 0 Å². The van der Waals surface area contributed by atoms with E-state index < -0.39 is 0 Å². The molecular formula is C11H12S. The fraction of sp³-hybridized carbons (Fsp3) is 0.273. The SMILES string of the molecule is SCc1ccc2c(c1)C=CCC2. The zero-order valence-electron chi connectivity index (χ0n) is 6.96. The Labute approximate surface area is 78.7 Å². The number of fused-ring (bicyclic) bond motifs is 1. The van der Waals surface area contributed by atoms with E-state index in [1.165, 1.54) is 29.5 Å². The molecule has 0 heterocycles. The largest absolute Gasteiger partial charge is 0.175 e. The molecule has 0 aliphatic heterocycles. The molecule has 12 heavy (non-hydrogen) atoms. The number of allylic oxidation sites excluding steroid dienone is 1. The molecule has 1 heteroatoms. The molecule has 0 atom stereocenters. The first-order valence-corrected chi connectivity index (χ1v) is 4.92. The normalized spacial score (nSPS) is 14.4. The van der Waals surface area contributed by atoms with Crippen LogP contribution in [0, 0.1) is 0 Å². The van der Waals surface area contributed by atoms with Crippen molar-refractivity contribution in [3.63, 3.8) is 0 Å². The van der Waals surface area contributed by atoms with Gasteiger partial charge in [0.15, 0.2) is 0 Å². The monoisotopic (exact) mass is 176 g/mol. The van der Waals surface area contributed by atoms with Gasteiger partial charge in [-0.15, -0.1) is 0 Å². The highest BCUT2D eigenvalue weighted by Gasteiger charge is 2.03. The predicted octanol–water partition coefficient (Wildman–Crippen LogP) is 3.08. The Morgan fingerprint density at radius 1 is 1.33 bits per heavy atom. The van der Waals surface area contributed by atoms with E-state index in [0.29, 0.717) is 0 Å². The van der Waals surface area contributed by atoms with Crippen LogP contribution in [0.2, 0.25) is 0 Å². The minimum absolute atomic E-state index is 0.834. The van der Waals surface area contributed by atoms with Crippen LogP contribution in [0.15, 0.2) is 24.3 Å². The molecule has 2 rings (SSSR count). The van der Waals surface area contributed by atoms with Crippen LogP contribution in [0.1, 0.15) is 23.1 Å². The predicted molar refractivity (Wildman–Crippen MR) is 56.5 cm³/mol. The highest BCUT2D eigenvalue weighted by Crippen LogP contribution is 2.20. The van der Waals surface area contributed by atoms with Gasteiger partial charge in [0.05, 0.1) is 0 Å². The molecule has 0 amide bonds. The molecule has 0 fully saturated rings. The Kier molecular flexibility index (Phi) is 2.22. The van der Waals surface area contributed by atoms with Gasteiger partial charge in [-0.05, 0) is 29.5 Å². The number of aryl methyl sites for hydroxylation is 1. The van der Waals surface area contributed by atoms with Gasteiger partial charge >= 0.3 is 0 Å². The molecule has 0 bridgehead atoms. The summed E-state index contributed by atoms with van der Waals surface area (Å²) in [7, 11) is 0. The molecule has 0 N–H and O–H groups in total. The lowest BCUT2D eigenvalue weighted by molar-refractivity contribution is 0.983. The number of thiol groups is 1. The molecule has 0 aromatic heterocycles. The lowest BCUT2D eigenvalue weighted by Crippen LogP contribution is -1.94. The van der Waals surface area contributed by atoms with E-state index in [2.05, 4.69) is 43.0 Å². The molecule has 0 saturated carbocycles. The second-order valence-corrected chi connectivity index (χ2v) is 3.45. The van der Waals surface area contributed by atoms with Crippen LogP contribution in [-0.2, 0) is 12.2 Å². The van der Waals surface area contributed by atoms with E-state index in [-0.39, 0.29) is 0 Å². The molecule has 0 nitrogen and oxygen atoms in total. The Morgan fingerprint density at radius 3 is 3.08 bits per heavy atom.